The van der Waals surface area contributed by atoms with Crippen LogP contribution in [0.4, 0.5) is 0 Å². The van der Waals surface area contributed by atoms with E-state index < -0.39 is 23.8 Å². The Bertz CT molecular complexity index is 944. The number of allylic oxidation sites excluding steroid dienone is 2. The second-order valence-electron chi connectivity index (χ2n) is 6.85. The smallest absolute Gasteiger partial charge is 0.326 e. The van der Waals surface area contributed by atoms with E-state index in [4.69, 9.17) is 23.1 Å². The van der Waals surface area contributed by atoms with Gasteiger partial charge in [0.25, 0.3) is 5.91 Å². The Labute approximate surface area is 189 Å². The lowest BCUT2D eigenvalue weighted by atomic mass is 10.1. The van der Waals surface area contributed by atoms with Crippen molar-refractivity contribution < 1.29 is 24.3 Å². The van der Waals surface area contributed by atoms with E-state index in [2.05, 4.69) is 5.32 Å². The third-order valence-corrected chi connectivity index (χ3v) is 5.68. The number of thioether (sulfide) groups is 1. The number of carbonyl (C=O) groups excluding carboxylic acids is 3. The van der Waals surface area contributed by atoms with Crippen molar-refractivity contribution in [1.82, 2.24) is 10.2 Å². The third kappa shape index (κ3) is 7.65. The summed E-state index contributed by atoms with van der Waals surface area (Å²) in [5.41, 5.74) is 6.90. The maximum Gasteiger partial charge on any atom is 0.326 e. The second-order valence-corrected chi connectivity index (χ2v) is 8.52. The molecule has 1 heterocycles. The molecule has 10 heteroatoms. The number of amides is 3. The van der Waals surface area contributed by atoms with Crippen LogP contribution in [0, 0.1) is 0 Å². The maximum absolute atomic E-state index is 12.7. The number of thiocarbonyl (C=S) groups is 1. The minimum atomic E-state index is -1.26. The number of aliphatic carboxylic acids is 1. The quantitative estimate of drug-likeness (QED) is 0.359. The Balaban J connectivity index is 1.95. The first-order valence-corrected chi connectivity index (χ1v) is 10.7. The Morgan fingerprint density at radius 3 is 2.55 bits per heavy atom. The normalized spacial score (nSPS) is 16.5. The summed E-state index contributed by atoms with van der Waals surface area (Å²) in [6.45, 7) is 1.91. The van der Waals surface area contributed by atoms with E-state index in [-0.39, 0.29) is 31.7 Å². The number of benzene rings is 1. The summed E-state index contributed by atoms with van der Waals surface area (Å²) in [7, 11) is 0. The van der Waals surface area contributed by atoms with E-state index >= 15 is 0 Å². The summed E-state index contributed by atoms with van der Waals surface area (Å²) in [4.78, 5) is 48.6. The van der Waals surface area contributed by atoms with Gasteiger partial charge in [0.2, 0.25) is 11.8 Å². The lowest BCUT2D eigenvalue weighted by Crippen LogP contribution is -2.42. The van der Waals surface area contributed by atoms with Crippen molar-refractivity contribution in [2.75, 3.05) is 6.54 Å². The van der Waals surface area contributed by atoms with Crippen molar-refractivity contribution >= 4 is 58.1 Å². The SMILES string of the molecule is CC(=C\c1ccccc1)/C=C1/SC(=S)N(CCC(=O)NC(CCC(N)=O)C(=O)O)C1=O. The average molecular weight is 462 g/mol. The lowest BCUT2D eigenvalue weighted by molar-refractivity contribution is -0.142. The lowest BCUT2D eigenvalue weighted by Gasteiger charge is -2.16. The van der Waals surface area contributed by atoms with Crippen LogP contribution in [0.25, 0.3) is 6.08 Å². The molecule has 1 fully saturated rings. The molecule has 1 aliphatic heterocycles. The summed E-state index contributed by atoms with van der Waals surface area (Å²) in [5.74, 6) is -2.77. The van der Waals surface area contributed by atoms with Crippen molar-refractivity contribution in [3.8, 4) is 0 Å². The fourth-order valence-electron chi connectivity index (χ4n) is 2.78. The van der Waals surface area contributed by atoms with Gasteiger partial charge in [0, 0.05) is 19.4 Å². The van der Waals surface area contributed by atoms with Gasteiger partial charge in [-0.05, 0) is 30.6 Å². The zero-order valence-electron chi connectivity index (χ0n) is 16.9. The molecular formula is C21H23N3O5S2. The van der Waals surface area contributed by atoms with Crippen LogP contribution in [0.5, 0.6) is 0 Å². The molecule has 1 atom stereocenters. The highest BCUT2D eigenvalue weighted by atomic mass is 32.2. The number of primary amides is 1. The van der Waals surface area contributed by atoms with Crippen LogP contribution in [-0.2, 0) is 19.2 Å². The number of nitrogens with zero attached hydrogens (tertiary/aromatic N) is 1. The van der Waals surface area contributed by atoms with Gasteiger partial charge < -0.3 is 16.2 Å². The number of hydrogen-bond donors (Lipinski definition) is 3. The van der Waals surface area contributed by atoms with Gasteiger partial charge in [-0.3, -0.25) is 19.3 Å². The molecule has 1 saturated heterocycles. The standard InChI is InChI=1S/C21H23N3O5S2/c1-13(11-14-5-3-2-4-6-14)12-16-19(27)24(21(30)31-16)10-9-18(26)23-15(20(28)29)7-8-17(22)25/h2-6,11-12,15H,7-10H2,1H3,(H2,22,25)(H,23,26)(H,28,29)/b13-11+,16-12+. The summed E-state index contributed by atoms with van der Waals surface area (Å²) in [6, 6.07) is 8.45. The van der Waals surface area contributed by atoms with Gasteiger partial charge in [0.05, 0.1) is 4.91 Å². The average Bonchev–Trinajstić information content (AvgIpc) is 2.96. The van der Waals surface area contributed by atoms with Gasteiger partial charge in [-0.15, -0.1) is 0 Å². The summed E-state index contributed by atoms with van der Waals surface area (Å²) < 4.78 is 0.333. The van der Waals surface area contributed by atoms with Crippen molar-refractivity contribution in [2.45, 2.75) is 32.2 Å². The number of nitrogens with two attached hydrogens (primary N) is 1. The molecule has 3 amide bonds. The molecule has 0 saturated carbocycles. The Kier molecular flexibility index (Phi) is 8.95. The van der Waals surface area contributed by atoms with Crippen molar-refractivity contribution in [3.05, 3.63) is 52.4 Å². The minimum absolute atomic E-state index is 0.0252. The molecule has 0 aromatic heterocycles. The Hall–Kier alpha value is -2.98. The predicted molar refractivity (Wildman–Crippen MR) is 123 cm³/mol. The molecular weight excluding hydrogens is 438 g/mol. The monoisotopic (exact) mass is 461 g/mol. The molecule has 31 heavy (non-hydrogen) atoms. The van der Waals surface area contributed by atoms with E-state index in [0.29, 0.717) is 9.23 Å². The molecule has 8 nitrogen and oxygen atoms in total. The molecule has 1 aromatic carbocycles. The number of carboxylic acid groups (broad SMARTS) is 1. The van der Waals surface area contributed by atoms with Gasteiger partial charge >= 0.3 is 5.97 Å². The van der Waals surface area contributed by atoms with Gasteiger partial charge in [-0.1, -0.05) is 60.4 Å². The van der Waals surface area contributed by atoms with E-state index in [1.807, 2.05) is 43.3 Å². The topological polar surface area (TPSA) is 130 Å². The number of carboxylic acids is 1. The van der Waals surface area contributed by atoms with Crippen molar-refractivity contribution in [3.63, 3.8) is 0 Å². The second kappa shape index (κ2) is 11.4. The summed E-state index contributed by atoms with van der Waals surface area (Å²) >= 11 is 6.41. The Morgan fingerprint density at radius 2 is 1.94 bits per heavy atom. The molecule has 1 unspecified atom stereocenters. The molecule has 0 spiro atoms. The highest BCUT2D eigenvalue weighted by molar-refractivity contribution is 8.26. The molecule has 0 radical (unpaired) electrons. The molecule has 0 aliphatic carbocycles. The summed E-state index contributed by atoms with van der Waals surface area (Å²) in [5, 5.41) is 11.5. The molecule has 2 rings (SSSR count). The van der Waals surface area contributed by atoms with Crippen LogP contribution in [0.3, 0.4) is 0 Å². The van der Waals surface area contributed by atoms with Crippen LogP contribution in [0.2, 0.25) is 0 Å². The zero-order chi connectivity index (χ0) is 23.0. The van der Waals surface area contributed by atoms with E-state index in [1.165, 1.54) is 4.90 Å². The van der Waals surface area contributed by atoms with Crippen molar-refractivity contribution in [1.29, 1.82) is 0 Å². The van der Waals surface area contributed by atoms with Crippen LogP contribution >= 0.6 is 24.0 Å². The molecule has 1 aliphatic rings. The van der Waals surface area contributed by atoms with E-state index in [1.54, 1.807) is 6.08 Å². The minimum Gasteiger partial charge on any atom is -0.480 e. The van der Waals surface area contributed by atoms with E-state index in [0.717, 1.165) is 22.9 Å². The fourth-order valence-corrected chi connectivity index (χ4v) is 4.14. The summed E-state index contributed by atoms with van der Waals surface area (Å²) in [6.07, 6.45) is 3.30. The highest BCUT2D eigenvalue weighted by Gasteiger charge is 2.32. The van der Waals surface area contributed by atoms with Crippen LogP contribution in [-0.4, -0.2) is 50.6 Å². The first-order valence-electron chi connectivity index (χ1n) is 9.46. The number of carbonyl (C=O) groups is 4. The molecule has 0 bridgehead atoms. The molecule has 1 aromatic rings. The number of nitrogens with one attached hydrogen (secondary N) is 1. The molecule has 164 valence electrons. The van der Waals surface area contributed by atoms with Gasteiger partial charge in [-0.2, -0.15) is 0 Å². The fraction of sp³-hybridized carbons (Fsp3) is 0.286. The van der Waals surface area contributed by atoms with Crippen LogP contribution in [0.1, 0.15) is 31.7 Å². The van der Waals surface area contributed by atoms with Gasteiger partial charge in [-0.25, -0.2) is 4.79 Å². The van der Waals surface area contributed by atoms with Gasteiger partial charge in [0.15, 0.2) is 0 Å². The first-order chi connectivity index (χ1) is 14.7. The largest absolute Gasteiger partial charge is 0.480 e. The van der Waals surface area contributed by atoms with Gasteiger partial charge in [0.1, 0.15) is 10.4 Å². The Morgan fingerprint density at radius 1 is 1.26 bits per heavy atom. The van der Waals surface area contributed by atoms with E-state index in [9.17, 15) is 19.2 Å². The predicted octanol–water partition coefficient (Wildman–Crippen LogP) is 2.06. The third-order valence-electron chi connectivity index (χ3n) is 4.30. The van der Waals surface area contributed by atoms with Crippen LogP contribution in [0.15, 0.2) is 46.9 Å². The first kappa shape index (κ1) is 24.3. The highest BCUT2D eigenvalue weighted by Crippen LogP contribution is 2.32. The van der Waals surface area contributed by atoms with Crippen LogP contribution < -0.4 is 11.1 Å². The van der Waals surface area contributed by atoms with Crippen molar-refractivity contribution in [2.24, 2.45) is 5.73 Å². The number of hydrogen-bond acceptors (Lipinski definition) is 6. The zero-order valence-corrected chi connectivity index (χ0v) is 18.5. The molecule has 4 N–H and O–H groups in total. The maximum atomic E-state index is 12.7. The number of rotatable bonds is 10.